The van der Waals surface area contributed by atoms with Crippen LogP contribution in [0.3, 0.4) is 0 Å². The van der Waals surface area contributed by atoms with Gasteiger partial charge in [-0.25, -0.2) is 14.6 Å². The molecule has 8 amide bonds. The van der Waals surface area contributed by atoms with Gasteiger partial charge in [-0.3, -0.25) is 57.5 Å². The van der Waals surface area contributed by atoms with E-state index in [-0.39, 0.29) is 51.2 Å². The molecule has 17 atom stereocenters. The van der Waals surface area contributed by atoms with E-state index in [1.807, 2.05) is 19.1 Å². The number of carbonyl (C=O) groups excluding carboxylic acids is 13. The van der Waals surface area contributed by atoms with Crippen LogP contribution in [0.4, 0.5) is 5.69 Å². The molecule has 4 saturated carbocycles. The second-order valence-electron chi connectivity index (χ2n) is 34.5. The van der Waals surface area contributed by atoms with Gasteiger partial charge in [0.05, 0.1) is 42.0 Å². The van der Waals surface area contributed by atoms with Crippen LogP contribution < -0.4 is 32.4 Å². The number of amides is 8. The standard InChI is InChI=1S/C64H88N10O16.C21H28O3/c1-27(2)44-53(78)35-19-17-21-37(35)61(84)71(13)25-40(75)73(15)50(29(5)6)63(86)88-33(11)46(59(82)67-44)69-57(80)39-24-23-31(9)55-48(39)66-49-42(43(65)52(77)32(10)56(49)90-55)58(81)70-47-34(12)89-64(87)51(30(7)8)74(16)41(76)26-72(14)62(85)38-22-18-20-36(38)54(79)45(28(3)4)68-60(47)83;1-3-20(23)24-19-9-8-18-17-6-4-13-12-14(22)5-7-15(13)16(17)10-11-21(18,19)2/h23-24,27-30,33-38,44-47,50-51H,17-22,25-26,65H2,1-16H3,(H,67,82)(H,68,83)(H,69,80)(H,70,81);5,7,12,16-19,22H,3-4,6,8-11H2,1-2H3. The van der Waals surface area contributed by atoms with Gasteiger partial charge in [0.15, 0.2) is 22.9 Å². The fourth-order valence-corrected chi connectivity index (χ4v) is 19.1. The first kappa shape index (κ1) is 86.6. The molecule has 3 aliphatic heterocycles. The van der Waals surface area contributed by atoms with Gasteiger partial charge in [-0.1, -0.05) is 94.2 Å². The van der Waals surface area contributed by atoms with Crippen molar-refractivity contribution in [2.75, 3.05) is 47.0 Å². The molecular formula is C85H116N10O19. The van der Waals surface area contributed by atoms with Crippen molar-refractivity contribution in [2.45, 2.75) is 241 Å². The van der Waals surface area contributed by atoms with Crippen molar-refractivity contribution in [3.05, 3.63) is 73.9 Å². The quantitative estimate of drug-likeness (QED) is 0.0393. The number of nitrogens with zero attached hydrogens (tertiary/aromatic N) is 5. The van der Waals surface area contributed by atoms with Gasteiger partial charge in [0.2, 0.25) is 40.9 Å². The highest BCUT2D eigenvalue weighted by Gasteiger charge is 2.57. The number of ketones is 2. The number of aryl methyl sites for hydroxylation is 2. The van der Waals surface area contributed by atoms with E-state index in [1.54, 1.807) is 62.3 Å². The summed E-state index contributed by atoms with van der Waals surface area (Å²) < 4.78 is 24.2. The number of nitrogen functional groups attached to an aromatic ring is 1. The van der Waals surface area contributed by atoms with Crippen LogP contribution in [0.25, 0.3) is 22.6 Å². The van der Waals surface area contributed by atoms with Gasteiger partial charge < -0.3 is 70.3 Å². The lowest BCUT2D eigenvalue weighted by molar-refractivity contribution is -0.163. The first-order valence-corrected chi connectivity index (χ1v) is 40.5. The number of ether oxygens (including phenoxy) is 3. The number of aromatic hydroxyl groups is 1. The molecule has 9 aliphatic rings. The summed E-state index contributed by atoms with van der Waals surface area (Å²) in [6.07, 6.45) is 6.73. The predicted molar refractivity (Wildman–Crippen MR) is 421 cm³/mol. The van der Waals surface area contributed by atoms with Crippen LogP contribution in [-0.2, 0) is 73.4 Å². The number of phenolic OH excluding ortho intramolecular Hbond substituents is 1. The number of hydrogen-bond donors (Lipinski definition) is 6. The van der Waals surface area contributed by atoms with Gasteiger partial charge in [-0.2, -0.15) is 0 Å². The van der Waals surface area contributed by atoms with E-state index >= 15 is 9.59 Å². The lowest BCUT2D eigenvalue weighted by Gasteiger charge is -2.50. The summed E-state index contributed by atoms with van der Waals surface area (Å²) >= 11 is 0. The van der Waals surface area contributed by atoms with E-state index in [9.17, 15) is 62.6 Å². The monoisotopic (exact) mass is 1580 g/mol. The molecule has 0 aromatic heterocycles. The molecular weight excluding hydrogens is 1460 g/mol. The number of benzene rings is 3. The minimum absolute atomic E-state index is 0.0477. The van der Waals surface area contributed by atoms with Gasteiger partial charge in [-0.15, -0.1) is 0 Å². The lowest BCUT2D eigenvalue weighted by Crippen LogP contribution is -2.59. The Morgan fingerprint density at radius 3 is 1.64 bits per heavy atom. The van der Waals surface area contributed by atoms with Gasteiger partial charge in [0.25, 0.3) is 11.8 Å². The number of rotatable bonds is 10. The molecule has 29 heteroatoms. The molecule has 2 aromatic rings. The van der Waals surface area contributed by atoms with Crippen molar-refractivity contribution in [3.63, 3.8) is 0 Å². The highest BCUT2D eigenvalue weighted by Crippen LogP contribution is 2.62. The summed E-state index contributed by atoms with van der Waals surface area (Å²) in [5.41, 5.74) is 6.62. The molecule has 3 heterocycles. The van der Waals surface area contributed by atoms with Crippen LogP contribution in [0.1, 0.15) is 209 Å². The number of nitrogens with one attached hydrogen (secondary N) is 4. The minimum atomic E-state index is -1.86. The molecule has 6 fully saturated rings. The van der Waals surface area contributed by atoms with Crippen molar-refractivity contribution < 1.29 is 86.1 Å². The second-order valence-corrected chi connectivity index (χ2v) is 34.5. The molecule has 2 aromatic carbocycles. The van der Waals surface area contributed by atoms with E-state index in [2.05, 4.69) is 34.3 Å². The Balaban J connectivity index is 0.000000481. The summed E-state index contributed by atoms with van der Waals surface area (Å²) in [5, 5.41) is 20.6. The predicted octanol–water partition coefficient (Wildman–Crippen LogP) is 7.28. The fourth-order valence-electron chi connectivity index (χ4n) is 19.1. The highest BCUT2D eigenvalue weighted by molar-refractivity contribution is 6.11. The number of hydrogen-bond acceptors (Lipinski definition) is 21. The summed E-state index contributed by atoms with van der Waals surface area (Å²) in [5.74, 6) is -12.6. The molecule has 114 heavy (non-hydrogen) atoms. The van der Waals surface area contributed by atoms with Crippen molar-refractivity contribution in [1.29, 1.82) is 0 Å². The average molecular weight is 1580 g/mol. The van der Waals surface area contributed by atoms with Crippen LogP contribution in [0.2, 0.25) is 0 Å². The van der Waals surface area contributed by atoms with Crippen LogP contribution in [0, 0.1) is 78.4 Å². The van der Waals surface area contributed by atoms with Crippen LogP contribution in [-0.4, -0.2) is 202 Å². The summed E-state index contributed by atoms with van der Waals surface area (Å²) in [6.45, 7) is 22.5. The van der Waals surface area contributed by atoms with Crippen LogP contribution >= 0.6 is 0 Å². The zero-order valence-corrected chi connectivity index (χ0v) is 69.1. The number of carbonyl (C=O) groups is 13. The number of anilines is 1. The Bertz CT molecular complexity index is 4470. The average Bonchev–Trinajstić information content (AvgIpc) is 1.55. The van der Waals surface area contributed by atoms with Crippen molar-refractivity contribution >= 4 is 93.5 Å². The van der Waals surface area contributed by atoms with E-state index in [0.717, 1.165) is 29.1 Å². The molecule has 620 valence electrons. The molecule has 7 N–H and O–H groups in total. The van der Waals surface area contributed by atoms with E-state index in [0.29, 0.717) is 74.0 Å². The minimum Gasteiger partial charge on any atom is -0.508 e. The van der Waals surface area contributed by atoms with Crippen molar-refractivity contribution in [2.24, 2.45) is 64.6 Å². The number of likely N-dealkylation sites (N-methyl/N-ethyl adjacent to an activating group) is 4. The number of fused-ring (bicyclic) bond motifs is 9. The molecule has 17 unspecified atom stereocenters. The smallest absolute Gasteiger partial charge is 0.329 e. The first-order chi connectivity index (χ1) is 53.6. The number of Topliss-reactive ketones (excluding diaryl/α,β-unsaturated/α-hetero) is 2. The maximum Gasteiger partial charge on any atom is 0.329 e. The molecule has 2 saturated heterocycles. The SMILES string of the molecule is CCC(=O)OC1CCC2C3CCc4cc(O)ccc4C3CCC12C.Cc1c2oc3c(C)ccc(C(=O)NC4C(=O)NC(C(C)C)C(=O)C5CCCC5C(=O)N(C)CC(=O)N(C)C(C(C)C)C(=O)OC4C)c3nc-2c(C(=O)NC2C(=O)NC(C(C)C)C(=O)C3CCCC3C(=O)N(C)CC(=O)N(C)C(C(C)C)C(=O)OC2C)c(N)c1=O. The zero-order valence-electron chi connectivity index (χ0n) is 69.1. The van der Waals surface area contributed by atoms with Gasteiger partial charge in [-0.05, 0) is 168 Å². The Kier molecular flexibility index (Phi) is 26.7. The molecule has 0 spiro atoms. The first-order valence-electron chi connectivity index (χ1n) is 40.5. The summed E-state index contributed by atoms with van der Waals surface area (Å²) in [6, 6.07) is 0.233. The Hall–Kier alpha value is -9.83. The maximum atomic E-state index is 15.2. The molecule has 11 rings (SSSR count). The third-order valence-electron chi connectivity index (χ3n) is 25.5. The number of phenols is 1. The normalized spacial score (nSPS) is 29.8. The highest BCUT2D eigenvalue weighted by atomic mass is 16.6. The zero-order chi connectivity index (χ0) is 83.9. The molecule has 0 radical (unpaired) electrons. The molecule has 0 bridgehead atoms. The maximum absolute atomic E-state index is 15.2. The lowest BCUT2D eigenvalue weighted by atomic mass is 9.55. The Morgan fingerprint density at radius 2 is 1.15 bits per heavy atom. The third-order valence-corrected chi connectivity index (χ3v) is 25.5. The number of esters is 3. The Labute approximate surface area is 666 Å². The second kappa shape index (κ2) is 35.1. The van der Waals surface area contributed by atoms with Gasteiger partial charge >= 0.3 is 17.9 Å². The van der Waals surface area contributed by atoms with Crippen LogP contribution in [0.5, 0.6) is 5.75 Å². The molecule has 29 nitrogen and oxygen atoms in total. The van der Waals surface area contributed by atoms with Crippen molar-refractivity contribution in [1.82, 2.24) is 45.9 Å². The summed E-state index contributed by atoms with van der Waals surface area (Å²) in [4.78, 5) is 209. The van der Waals surface area contributed by atoms with E-state index < -0.39 is 196 Å². The summed E-state index contributed by atoms with van der Waals surface area (Å²) in [7, 11) is 5.66. The van der Waals surface area contributed by atoms with Gasteiger partial charge in [0, 0.05) is 69.3 Å². The number of aromatic nitrogens is 1. The number of cyclic esters (lactones) is 2. The van der Waals surface area contributed by atoms with E-state index in [4.69, 9.17) is 29.3 Å². The topological polar surface area (TPSA) is 400 Å². The van der Waals surface area contributed by atoms with Crippen LogP contribution in [0.15, 0.2) is 39.5 Å². The Morgan fingerprint density at radius 1 is 0.649 bits per heavy atom. The van der Waals surface area contributed by atoms with E-state index in [1.165, 1.54) is 101 Å². The third kappa shape index (κ3) is 17.3. The van der Waals surface area contributed by atoms with Crippen molar-refractivity contribution in [3.8, 4) is 17.2 Å². The molecule has 6 aliphatic carbocycles. The van der Waals surface area contributed by atoms with Gasteiger partial charge in [0.1, 0.15) is 59.4 Å². The number of nitrogens with two attached hydrogens (primary N) is 1. The fraction of sp³-hybridized carbons (Fsp3) is 0.635. The largest absolute Gasteiger partial charge is 0.508 e.